The van der Waals surface area contributed by atoms with Gasteiger partial charge in [-0.3, -0.25) is 0 Å². The van der Waals surface area contributed by atoms with Gasteiger partial charge in [0.05, 0.1) is 16.6 Å². The summed E-state index contributed by atoms with van der Waals surface area (Å²) in [5.41, 5.74) is 0. The number of hydrogen-bond acceptors (Lipinski definition) is 2. The number of alkyl halides is 1. The number of halogens is 1. The molecule has 0 saturated heterocycles. The molecule has 11 heavy (non-hydrogen) atoms. The van der Waals surface area contributed by atoms with Crippen LogP contribution in [0.3, 0.4) is 0 Å². The highest BCUT2D eigenvalue weighted by atomic mass is 127. The Balaban J connectivity index is 3.28. The fraction of sp³-hybridized carbons (Fsp3) is 1.00. The van der Waals surface area contributed by atoms with E-state index in [1.54, 1.807) is 0 Å². The van der Waals surface area contributed by atoms with Gasteiger partial charge in [-0.05, 0) is 6.42 Å². The molecule has 0 aromatic heterocycles. The summed E-state index contributed by atoms with van der Waals surface area (Å²) in [7, 11) is 0. The third-order valence-corrected chi connectivity index (χ3v) is 2.92. The summed E-state index contributed by atoms with van der Waals surface area (Å²) in [4.78, 5) is 0. The molecule has 2 atom stereocenters. The minimum atomic E-state index is -0.327. The molecule has 0 aromatic carbocycles. The summed E-state index contributed by atoms with van der Waals surface area (Å²) < 4.78 is 0.00413. The van der Waals surface area contributed by atoms with Gasteiger partial charge in [0.1, 0.15) is 0 Å². The summed E-state index contributed by atoms with van der Waals surface area (Å²) in [6.07, 6.45) is 3.91. The van der Waals surface area contributed by atoms with Gasteiger partial charge in [0.15, 0.2) is 0 Å². The van der Waals surface area contributed by atoms with E-state index in [2.05, 4.69) is 29.5 Å². The molecule has 0 aromatic rings. The highest BCUT2D eigenvalue weighted by Crippen LogP contribution is 2.12. The van der Waals surface area contributed by atoms with Gasteiger partial charge in [-0.2, -0.15) is 0 Å². The van der Waals surface area contributed by atoms with Crippen molar-refractivity contribution in [1.29, 1.82) is 0 Å². The molecular weight excluding hydrogens is 255 g/mol. The molecule has 3 heteroatoms. The summed E-state index contributed by atoms with van der Waals surface area (Å²) >= 11 is 2.08. The van der Waals surface area contributed by atoms with Gasteiger partial charge in [0.25, 0.3) is 0 Å². The first kappa shape index (κ1) is 11.6. The molecule has 0 amide bonds. The topological polar surface area (TPSA) is 40.5 Å². The smallest absolute Gasteiger partial charge is 0.0680 e. The van der Waals surface area contributed by atoms with Crippen molar-refractivity contribution in [3.05, 3.63) is 0 Å². The summed E-state index contributed by atoms with van der Waals surface area (Å²) in [6.45, 7) is 2.22. The Morgan fingerprint density at radius 2 is 2.00 bits per heavy atom. The Kier molecular flexibility index (Phi) is 7.74. The largest absolute Gasteiger partial charge is 0.395 e. The van der Waals surface area contributed by atoms with Crippen LogP contribution in [-0.2, 0) is 0 Å². The molecule has 0 spiro atoms. The highest BCUT2D eigenvalue weighted by Gasteiger charge is 2.13. The second kappa shape index (κ2) is 7.31. The molecule has 0 bridgehead atoms. The molecule has 0 rings (SSSR count). The van der Waals surface area contributed by atoms with E-state index >= 15 is 0 Å². The van der Waals surface area contributed by atoms with Crippen molar-refractivity contribution >= 4 is 22.6 Å². The predicted molar refractivity (Wildman–Crippen MR) is 55.0 cm³/mol. The Bertz CT molecular complexity index is 88.2. The van der Waals surface area contributed by atoms with Gasteiger partial charge in [-0.25, -0.2) is 0 Å². The maximum absolute atomic E-state index is 9.38. The molecular formula is C8H17IO2. The molecule has 0 saturated carbocycles. The number of unbranched alkanes of at least 4 members (excludes halogenated alkanes) is 2. The zero-order chi connectivity index (χ0) is 8.69. The zero-order valence-corrected chi connectivity index (χ0v) is 9.12. The number of aliphatic hydroxyl groups excluding tert-OH is 2. The average molecular weight is 272 g/mol. The van der Waals surface area contributed by atoms with E-state index in [-0.39, 0.29) is 16.6 Å². The van der Waals surface area contributed by atoms with E-state index in [0.29, 0.717) is 0 Å². The van der Waals surface area contributed by atoms with E-state index in [9.17, 15) is 5.11 Å². The summed E-state index contributed by atoms with van der Waals surface area (Å²) in [5.74, 6) is 0. The van der Waals surface area contributed by atoms with Gasteiger partial charge >= 0.3 is 0 Å². The van der Waals surface area contributed by atoms with Crippen molar-refractivity contribution in [2.24, 2.45) is 0 Å². The molecule has 0 fully saturated rings. The second-order valence-electron chi connectivity index (χ2n) is 2.76. The van der Waals surface area contributed by atoms with Crippen LogP contribution >= 0.6 is 22.6 Å². The van der Waals surface area contributed by atoms with Crippen LogP contribution in [0.1, 0.15) is 32.6 Å². The quantitative estimate of drug-likeness (QED) is 0.439. The van der Waals surface area contributed by atoms with Crippen LogP contribution < -0.4 is 0 Å². The van der Waals surface area contributed by atoms with Gasteiger partial charge < -0.3 is 10.2 Å². The van der Waals surface area contributed by atoms with Crippen molar-refractivity contribution in [3.63, 3.8) is 0 Å². The van der Waals surface area contributed by atoms with Crippen molar-refractivity contribution in [2.45, 2.75) is 42.6 Å². The maximum atomic E-state index is 9.38. The van der Waals surface area contributed by atoms with Gasteiger partial charge in [0.2, 0.25) is 0 Å². The van der Waals surface area contributed by atoms with Crippen LogP contribution in [0, 0.1) is 0 Å². The van der Waals surface area contributed by atoms with E-state index in [1.165, 1.54) is 12.8 Å². The maximum Gasteiger partial charge on any atom is 0.0680 e. The first-order valence-corrected chi connectivity index (χ1v) is 5.40. The third-order valence-electron chi connectivity index (χ3n) is 1.70. The summed E-state index contributed by atoms with van der Waals surface area (Å²) in [6, 6.07) is 0. The fourth-order valence-corrected chi connectivity index (χ4v) is 1.27. The first-order chi connectivity index (χ1) is 5.22. The van der Waals surface area contributed by atoms with Gasteiger partial charge in [0, 0.05) is 0 Å². The van der Waals surface area contributed by atoms with E-state index in [4.69, 9.17) is 5.11 Å². The van der Waals surface area contributed by atoms with Crippen LogP contribution in [0.2, 0.25) is 0 Å². The molecule has 0 aliphatic rings. The minimum Gasteiger partial charge on any atom is -0.395 e. The Hall–Kier alpha value is 0.650. The van der Waals surface area contributed by atoms with E-state index in [0.717, 1.165) is 12.8 Å². The highest BCUT2D eigenvalue weighted by molar-refractivity contribution is 14.1. The number of aliphatic hydroxyl groups is 2. The van der Waals surface area contributed by atoms with Crippen LogP contribution in [0.25, 0.3) is 0 Å². The molecule has 2 nitrogen and oxygen atoms in total. The van der Waals surface area contributed by atoms with Gasteiger partial charge in [-0.15, -0.1) is 0 Å². The summed E-state index contributed by atoms with van der Waals surface area (Å²) in [5, 5.41) is 18.1. The number of rotatable bonds is 6. The van der Waals surface area contributed by atoms with Gasteiger partial charge in [-0.1, -0.05) is 48.8 Å². The van der Waals surface area contributed by atoms with Crippen molar-refractivity contribution < 1.29 is 10.2 Å². The predicted octanol–water partition coefficient (Wildman–Crippen LogP) is 1.72. The molecule has 0 heterocycles. The SMILES string of the molecule is CCCCC[C@H](O)[C@H](I)CO. The molecule has 0 aliphatic heterocycles. The van der Waals surface area contributed by atoms with Crippen molar-refractivity contribution in [1.82, 2.24) is 0 Å². The van der Waals surface area contributed by atoms with Crippen LogP contribution in [-0.4, -0.2) is 26.8 Å². The molecule has 0 radical (unpaired) electrons. The lowest BCUT2D eigenvalue weighted by Gasteiger charge is -2.14. The van der Waals surface area contributed by atoms with E-state index in [1.807, 2.05) is 0 Å². The second-order valence-corrected chi connectivity index (χ2v) is 4.36. The molecule has 0 unspecified atom stereocenters. The molecule has 68 valence electrons. The lowest BCUT2D eigenvalue weighted by molar-refractivity contribution is 0.135. The van der Waals surface area contributed by atoms with Crippen molar-refractivity contribution in [2.75, 3.05) is 6.61 Å². The normalized spacial score (nSPS) is 16.4. The van der Waals surface area contributed by atoms with Crippen LogP contribution in [0.5, 0.6) is 0 Å². The van der Waals surface area contributed by atoms with E-state index < -0.39 is 0 Å². The Morgan fingerprint density at radius 1 is 1.36 bits per heavy atom. The van der Waals surface area contributed by atoms with Crippen LogP contribution in [0.15, 0.2) is 0 Å². The fourth-order valence-electron chi connectivity index (χ4n) is 0.906. The lowest BCUT2D eigenvalue weighted by Crippen LogP contribution is -2.23. The average Bonchev–Trinajstić information content (AvgIpc) is 2.03. The van der Waals surface area contributed by atoms with Crippen LogP contribution in [0.4, 0.5) is 0 Å². The standard InChI is InChI=1S/C8H17IO2/c1-2-3-4-5-8(11)7(9)6-10/h7-8,10-11H,2-6H2,1H3/t7-,8+/m1/s1. The van der Waals surface area contributed by atoms with Crippen molar-refractivity contribution in [3.8, 4) is 0 Å². The first-order valence-electron chi connectivity index (χ1n) is 4.15. The zero-order valence-electron chi connectivity index (χ0n) is 6.96. The Morgan fingerprint density at radius 3 is 2.45 bits per heavy atom. The monoisotopic (exact) mass is 272 g/mol. The molecule has 0 aliphatic carbocycles. The molecule has 2 N–H and O–H groups in total. The third kappa shape index (κ3) is 5.87. The minimum absolute atomic E-state index is 0.00413. The Labute approximate surface area is 82.1 Å². The lowest BCUT2D eigenvalue weighted by atomic mass is 10.1. The number of hydrogen-bond donors (Lipinski definition) is 2.